The van der Waals surface area contributed by atoms with Crippen molar-refractivity contribution < 1.29 is 9.59 Å². The molecule has 1 aliphatic carbocycles. The van der Waals surface area contributed by atoms with Gasteiger partial charge in [-0.3, -0.25) is 19.5 Å². The van der Waals surface area contributed by atoms with Crippen LogP contribution in [0, 0.1) is 5.92 Å². The van der Waals surface area contributed by atoms with Gasteiger partial charge in [0.15, 0.2) is 0 Å². The van der Waals surface area contributed by atoms with Crippen molar-refractivity contribution in [2.24, 2.45) is 11.7 Å². The Hall–Kier alpha value is -1.95. The number of nitrogens with zero attached hydrogens (tertiary/aromatic N) is 3. The number of pyridine rings is 1. The SMILES string of the molecule is NC(=O)C1CCCN(C(=O)CN(Cc2ccccn2)C2CC2)C1. The van der Waals surface area contributed by atoms with Crippen LogP contribution in [0.1, 0.15) is 31.4 Å². The fourth-order valence-electron chi connectivity index (χ4n) is 3.16. The van der Waals surface area contributed by atoms with E-state index >= 15 is 0 Å². The normalized spacial score (nSPS) is 21.4. The molecule has 2 fully saturated rings. The third-order valence-corrected chi connectivity index (χ3v) is 4.67. The number of nitrogens with two attached hydrogens (primary N) is 1. The third kappa shape index (κ3) is 4.28. The molecule has 0 bridgehead atoms. The van der Waals surface area contributed by atoms with Crippen LogP contribution in [0.5, 0.6) is 0 Å². The summed E-state index contributed by atoms with van der Waals surface area (Å²) in [5.41, 5.74) is 6.38. The van der Waals surface area contributed by atoms with E-state index in [0.717, 1.165) is 37.9 Å². The van der Waals surface area contributed by atoms with Crippen molar-refractivity contribution in [3.05, 3.63) is 30.1 Å². The molecule has 1 aliphatic heterocycles. The van der Waals surface area contributed by atoms with Crippen LogP contribution < -0.4 is 5.73 Å². The molecule has 0 spiro atoms. The van der Waals surface area contributed by atoms with Crippen LogP contribution in [0.2, 0.25) is 0 Å². The van der Waals surface area contributed by atoms with E-state index in [1.54, 1.807) is 11.1 Å². The molecule has 1 aromatic rings. The molecule has 2 heterocycles. The van der Waals surface area contributed by atoms with Gasteiger partial charge < -0.3 is 10.6 Å². The van der Waals surface area contributed by atoms with Crippen LogP contribution >= 0.6 is 0 Å². The Morgan fingerprint density at radius 2 is 2.13 bits per heavy atom. The maximum absolute atomic E-state index is 12.6. The quantitative estimate of drug-likeness (QED) is 0.841. The van der Waals surface area contributed by atoms with Gasteiger partial charge in [-0.15, -0.1) is 0 Å². The van der Waals surface area contributed by atoms with Gasteiger partial charge in [-0.25, -0.2) is 0 Å². The Balaban J connectivity index is 1.59. The molecule has 2 aliphatic rings. The van der Waals surface area contributed by atoms with Gasteiger partial charge in [-0.2, -0.15) is 0 Å². The summed E-state index contributed by atoms with van der Waals surface area (Å²) in [5, 5.41) is 0. The van der Waals surface area contributed by atoms with Gasteiger partial charge in [0.05, 0.1) is 18.2 Å². The first kappa shape index (κ1) is 15.9. The van der Waals surface area contributed by atoms with Crippen molar-refractivity contribution in [3.8, 4) is 0 Å². The number of hydrogen-bond acceptors (Lipinski definition) is 4. The van der Waals surface area contributed by atoms with E-state index in [-0.39, 0.29) is 17.7 Å². The smallest absolute Gasteiger partial charge is 0.236 e. The molecule has 0 radical (unpaired) electrons. The van der Waals surface area contributed by atoms with Crippen molar-refractivity contribution in [3.63, 3.8) is 0 Å². The van der Waals surface area contributed by atoms with Crippen LogP contribution in [0.3, 0.4) is 0 Å². The van der Waals surface area contributed by atoms with Gasteiger partial charge >= 0.3 is 0 Å². The second-order valence-electron chi connectivity index (χ2n) is 6.54. The monoisotopic (exact) mass is 316 g/mol. The molecule has 1 saturated heterocycles. The highest BCUT2D eigenvalue weighted by Gasteiger charge is 2.33. The maximum atomic E-state index is 12.6. The lowest BCUT2D eigenvalue weighted by molar-refractivity contribution is -0.136. The summed E-state index contributed by atoms with van der Waals surface area (Å²) in [6.07, 6.45) is 5.71. The molecule has 1 atom stereocenters. The van der Waals surface area contributed by atoms with Crippen LogP contribution in [0.15, 0.2) is 24.4 Å². The lowest BCUT2D eigenvalue weighted by Crippen LogP contribution is -2.47. The minimum absolute atomic E-state index is 0.0961. The summed E-state index contributed by atoms with van der Waals surface area (Å²) in [7, 11) is 0. The first-order valence-corrected chi connectivity index (χ1v) is 8.34. The maximum Gasteiger partial charge on any atom is 0.236 e. The molecule has 124 valence electrons. The van der Waals surface area contributed by atoms with Crippen molar-refractivity contribution in [2.45, 2.75) is 38.3 Å². The number of aromatic nitrogens is 1. The van der Waals surface area contributed by atoms with Gasteiger partial charge in [-0.05, 0) is 37.8 Å². The predicted molar refractivity (Wildman–Crippen MR) is 86.2 cm³/mol. The van der Waals surface area contributed by atoms with E-state index < -0.39 is 0 Å². The zero-order chi connectivity index (χ0) is 16.2. The lowest BCUT2D eigenvalue weighted by atomic mass is 9.97. The Kier molecular flexibility index (Phi) is 4.91. The molecular weight excluding hydrogens is 292 g/mol. The van der Waals surface area contributed by atoms with E-state index in [4.69, 9.17) is 5.73 Å². The first-order valence-electron chi connectivity index (χ1n) is 8.34. The fourth-order valence-corrected chi connectivity index (χ4v) is 3.16. The number of piperidine rings is 1. The topological polar surface area (TPSA) is 79.5 Å². The molecule has 6 heteroatoms. The molecule has 1 saturated carbocycles. The van der Waals surface area contributed by atoms with Gasteiger partial charge in [0, 0.05) is 31.9 Å². The van der Waals surface area contributed by atoms with Crippen molar-refractivity contribution in [2.75, 3.05) is 19.6 Å². The van der Waals surface area contributed by atoms with E-state index in [1.807, 2.05) is 18.2 Å². The number of rotatable bonds is 6. The summed E-state index contributed by atoms with van der Waals surface area (Å²) in [4.78, 5) is 32.3. The van der Waals surface area contributed by atoms with E-state index in [2.05, 4.69) is 9.88 Å². The highest BCUT2D eigenvalue weighted by Crippen LogP contribution is 2.28. The molecule has 2 amide bonds. The largest absolute Gasteiger partial charge is 0.369 e. The second kappa shape index (κ2) is 7.08. The number of amides is 2. The molecule has 3 rings (SSSR count). The summed E-state index contributed by atoms with van der Waals surface area (Å²) in [6.45, 7) is 2.29. The zero-order valence-corrected chi connectivity index (χ0v) is 13.4. The summed E-state index contributed by atoms with van der Waals surface area (Å²) >= 11 is 0. The highest BCUT2D eigenvalue weighted by molar-refractivity contribution is 5.81. The molecule has 1 unspecified atom stereocenters. The Labute approximate surface area is 136 Å². The zero-order valence-electron chi connectivity index (χ0n) is 13.4. The molecule has 0 aromatic carbocycles. The Morgan fingerprint density at radius 3 is 2.78 bits per heavy atom. The van der Waals surface area contributed by atoms with E-state index in [1.165, 1.54) is 0 Å². The summed E-state index contributed by atoms with van der Waals surface area (Å²) in [5.74, 6) is -0.397. The number of carbonyl (C=O) groups is 2. The predicted octanol–water partition coefficient (Wildman–Crippen LogP) is 0.770. The molecule has 6 nitrogen and oxygen atoms in total. The standard InChI is InChI=1S/C17H24N4O2/c18-17(23)13-4-3-9-20(10-13)16(22)12-21(15-6-7-15)11-14-5-1-2-8-19-14/h1-2,5,8,13,15H,3-4,6-7,9-12H2,(H2,18,23). The first-order chi connectivity index (χ1) is 11.1. The Bertz CT molecular complexity index is 559. The summed E-state index contributed by atoms with van der Waals surface area (Å²) in [6, 6.07) is 6.34. The van der Waals surface area contributed by atoms with Crippen LogP contribution in [-0.2, 0) is 16.1 Å². The van der Waals surface area contributed by atoms with Gasteiger partial charge in [-0.1, -0.05) is 6.07 Å². The van der Waals surface area contributed by atoms with Gasteiger partial charge in [0.25, 0.3) is 0 Å². The van der Waals surface area contributed by atoms with Crippen molar-refractivity contribution in [1.29, 1.82) is 0 Å². The van der Waals surface area contributed by atoms with E-state index in [9.17, 15) is 9.59 Å². The minimum Gasteiger partial charge on any atom is -0.369 e. The lowest BCUT2D eigenvalue weighted by Gasteiger charge is -2.33. The average Bonchev–Trinajstić information content (AvgIpc) is 3.40. The Morgan fingerprint density at radius 1 is 1.30 bits per heavy atom. The number of hydrogen-bond donors (Lipinski definition) is 1. The fraction of sp³-hybridized carbons (Fsp3) is 0.588. The third-order valence-electron chi connectivity index (χ3n) is 4.67. The number of carbonyl (C=O) groups excluding carboxylic acids is 2. The molecular formula is C17H24N4O2. The average molecular weight is 316 g/mol. The summed E-state index contributed by atoms with van der Waals surface area (Å²) < 4.78 is 0. The van der Waals surface area contributed by atoms with Crippen molar-refractivity contribution >= 4 is 11.8 Å². The molecule has 1 aromatic heterocycles. The minimum atomic E-state index is -0.296. The van der Waals surface area contributed by atoms with Gasteiger partial charge in [0.1, 0.15) is 0 Å². The molecule has 2 N–H and O–H groups in total. The van der Waals surface area contributed by atoms with E-state index in [0.29, 0.717) is 25.7 Å². The van der Waals surface area contributed by atoms with Crippen LogP contribution in [0.25, 0.3) is 0 Å². The van der Waals surface area contributed by atoms with Crippen LogP contribution in [0.4, 0.5) is 0 Å². The number of likely N-dealkylation sites (tertiary alicyclic amines) is 1. The second-order valence-corrected chi connectivity index (χ2v) is 6.54. The van der Waals surface area contributed by atoms with Crippen LogP contribution in [-0.4, -0.2) is 52.3 Å². The van der Waals surface area contributed by atoms with Gasteiger partial charge in [0.2, 0.25) is 11.8 Å². The van der Waals surface area contributed by atoms with Crippen molar-refractivity contribution in [1.82, 2.24) is 14.8 Å². The number of primary amides is 1. The molecule has 23 heavy (non-hydrogen) atoms. The highest BCUT2D eigenvalue weighted by atomic mass is 16.2.